The molecule has 4 aromatic rings. The van der Waals surface area contributed by atoms with E-state index in [-0.39, 0.29) is 24.8 Å². The molecule has 0 amide bonds. The van der Waals surface area contributed by atoms with Crippen molar-refractivity contribution in [1.82, 2.24) is 0 Å². The predicted octanol–water partition coefficient (Wildman–Crippen LogP) is 2.00. The minimum Gasteiger partial charge on any atom is -1.00 e. The zero-order valence-corrected chi connectivity index (χ0v) is 26.7. The molecule has 4 aromatic carbocycles. The van der Waals surface area contributed by atoms with Gasteiger partial charge in [0, 0.05) is 0 Å². The van der Waals surface area contributed by atoms with E-state index in [1.54, 1.807) is 46.6 Å². The van der Waals surface area contributed by atoms with Gasteiger partial charge in [-0.05, 0) is 0 Å². The number of hydrogen-bond acceptors (Lipinski definition) is 0. The van der Waals surface area contributed by atoms with Crippen molar-refractivity contribution in [2.45, 2.75) is 42.4 Å². The third kappa shape index (κ3) is 4.70. The van der Waals surface area contributed by atoms with Gasteiger partial charge in [0.05, 0.1) is 0 Å². The van der Waals surface area contributed by atoms with Gasteiger partial charge in [-0.3, -0.25) is 0 Å². The van der Waals surface area contributed by atoms with E-state index in [0.29, 0.717) is 9.54 Å². The van der Waals surface area contributed by atoms with E-state index in [1.165, 1.54) is 45.4 Å². The van der Waals surface area contributed by atoms with Crippen LogP contribution in [-0.4, -0.2) is 8.80 Å². The first-order valence-electron chi connectivity index (χ1n) is 13.0. The number of halogens is 2. The van der Waals surface area contributed by atoms with Gasteiger partial charge in [0.2, 0.25) is 0 Å². The van der Waals surface area contributed by atoms with Crippen molar-refractivity contribution >= 4 is 20.1 Å². The third-order valence-corrected chi connectivity index (χ3v) is 11.1. The Morgan fingerprint density at radius 3 is 2.11 bits per heavy atom. The molecule has 2 atom stereocenters. The number of allylic oxidation sites excluding steroid dienone is 1. The molecular formula is C33H31Cl2SiZr. The Hall–Kier alpha value is -1.70. The van der Waals surface area contributed by atoms with E-state index in [0.717, 1.165) is 6.42 Å². The molecule has 2 aliphatic carbocycles. The molecule has 0 radical (unpaired) electrons. The maximum atomic E-state index is 2.55. The number of benzene rings is 4. The van der Waals surface area contributed by atoms with Gasteiger partial charge >= 0.3 is 228 Å². The summed E-state index contributed by atoms with van der Waals surface area (Å²) in [5.74, 6) is 0.380. The van der Waals surface area contributed by atoms with E-state index in [4.69, 9.17) is 0 Å². The third-order valence-electron chi connectivity index (χ3n) is 7.86. The summed E-state index contributed by atoms with van der Waals surface area (Å²) in [7, 11) is -1.03. The molecule has 0 bridgehead atoms. The van der Waals surface area contributed by atoms with Gasteiger partial charge in [-0.25, -0.2) is 0 Å². The van der Waals surface area contributed by atoms with Crippen LogP contribution < -0.4 is 30.0 Å². The van der Waals surface area contributed by atoms with Gasteiger partial charge < -0.3 is 24.8 Å². The fourth-order valence-electron chi connectivity index (χ4n) is 6.35. The molecule has 37 heavy (non-hydrogen) atoms. The minimum atomic E-state index is -1.03. The monoisotopic (exact) mass is 615 g/mol. The average Bonchev–Trinajstić information content (AvgIpc) is 3.39. The summed E-state index contributed by atoms with van der Waals surface area (Å²) in [4.78, 5) is 0. The van der Waals surface area contributed by atoms with Crippen LogP contribution in [0.5, 0.6) is 0 Å². The van der Waals surface area contributed by atoms with Gasteiger partial charge in [0.15, 0.2) is 0 Å². The molecule has 2 aliphatic rings. The maximum Gasteiger partial charge on any atom is -1.00 e. The molecule has 6 rings (SSSR count). The predicted molar refractivity (Wildman–Crippen MR) is 149 cm³/mol. The molecule has 0 aliphatic heterocycles. The summed E-state index contributed by atoms with van der Waals surface area (Å²) in [6.07, 6.45) is 4.89. The van der Waals surface area contributed by atoms with Crippen molar-refractivity contribution in [3.63, 3.8) is 0 Å². The molecule has 0 N–H and O–H groups in total. The summed E-state index contributed by atoms with van der Waals surface area (Å²) in [5, 5.41) is 1.66. The first kappa shape index (κ1) is 28.3. The van der Waals surface area contributed by atoms with Crippen LogP contribution in [0.3, 0.4) is 0 Å². The smallest absolute Gasteiger partial charge is 1.00 e. The summed E-state index contributed by atoms with van der Waals surface area (Å²) in [5.41, 5.74) is 15.0. The second kappa shape index (κ2) is 11.6. The molecule has 185 valence electrons. The standard InChI is InChI=1S/C33H31Si.2ClH.Zr/c1-4-11-24-21-29-25(22-12-6-5-7-13-22)16-10-17-28(29)32(24)33-30-20-23-14-8-9-15-26(23)27(30)18-19-31(33)34(2)3;;;/h5-10,12-21,32,34H,4,11H2,1-3H3;2*1H;/q;;;+2/p-2. The van der Waals surface area contributed by atoms with Gasteiger partial charge in [0.25, 0.3) is 0 Å². The van der Waals surface area contributed by atoms with Crippen LogP contribution in [0.25, 0.3) is 28.3 Å². The Balaban J connectivity index is 0.00000160. The molecule has 0 nitrogen and oxygen atoms in total. The van der Waals surface area contributed by atoms with Crippen molar-refractivity contribution in [2.75, 3.05) is 0 Å². The molecule has 2 unspecified atom stereocenters. The number of hydrogen-bond donors (Lipinski definition) is 0. The number of fused-ring (bicyclic) bond motifs is 4. The molecule has 0 fully saturated rings. The van der Waals surface area contributed by atoms with E-state index in [2.05, 4.69) is 111 Å². The van der Waals surface area contributed by atoms with Crippen molar-refractivity contribution in [2.24, 2.45) is 0 Å². The van der Waals surface area contributed by atoms with Gasteiger partial charge in [-0.1, -0.05) is 0 Å². The van der Waals surface area contributed by atoms with E-state index >= 15 is 0 Å². The van der Waals surface area contributed by atoms with Crippen LogP contribution in [-0.2, 0) is 24.7 Å². The van der Waals surface area contributed by atoms with E-state index in [1.807, 2.05) is 0 Å². The molecule has 4 heteroatoms. The Bertz CT molecular complexity index is 1460. The summed E-state index contributed by atoms with van der Waals surface area (Å²) in [6.45, 7) is 7.34. The molecule has 0 heterocycles. The normalized spacial score (nSPS) is 16.9. The molecule has 0 spiro atoms. The quantitative estimate of drug-likeness (QED) is 0.301. The van der Waals surface area contributed by atoms with Crippen LogP contribution in [0.15, 0.2) is 90.5 Å². The van der Waals surface area contributed by atoms with Gasteiger partial charge in [0.1, 0.15) is 0 Å². The largest absolute Gasteiger partial charge is 1.00 e. The van der Waals surface area contributed by atoms with Crippen molar-refractivity contribution in [3.8, 4) is 22.3 Å². The topological polar surface area (TPSA) is 0 Å². The summed E-state index contributed by atoms with van der Waals surface area (Å²) >= 11 is 1.60. The summed E-state index contributed by atoms with van der Waals surface area (Å²) < 4.78 is 0.528. The van der Waals surface area contributed by atoms with E-state index in [9.17, 15) is 0 Å². The van der Waals surface area contributed by atoms with Crippen LogP contribution in [0.1, 0.15) is 57.1 Å². The Kier molecular flexibility index (Phi) is 8.86. The van der Waals surface area contributed by atoms with Gasteiger partial charge in [-0.15, -0.1) is 0 Å². The van der Waals surface area contributed by atoms with Crippen molar-refractivity contribution in [1.29, 1.82) is 0 Å². The summed E-state index contributed by atoms with van der Waals surface area (Å²) in [6, 6.07) is 32.0. The fourth-order valence-corrected chi connectivity index (χ4v) is 9.16. The Morgan fingerprint density at radius 2 is 1.38 bits per heavy atom. The minimum absolute atomic E-state index is 0. The van der Waals surface area contributed by atoms with Gasteiger partial charge in [-0.2, -0.15) is 0 Å². The molecule has 0 saturated heterocycles. The first-order valence-corrected chi connectivity index (χ1v) is 17.3. The van der Waals surface area contributed by atoms with E-state index < -0.39 is 8.80 Å². The van der Waals surface area contributed by atoms with Crippen LogP contribution in [0, 0.1) is 0 Å². The Labute approximate surface area is 250 Å². The zero-order valence-electron chi connectivity index (χ0n) is 21.6. The Morgan fingerprint density at radius 1 is 0.703 bits per heavy atom. The van der Waals surface area contributed by atoms with Crippen LogP contribution in [0.4, 0.5) is 0 Å². The second-order valence-corrected chi connectivity index (χ2v) is 14.6. The van der Waals surface area contributed by atoms with Crippen molar-refractivity contribution in [3.05, 3.63) is 118 Å². The van der Waals surface area contributed by atoms with Crippen molar-refractivity contribution < 1.29 is 49.5 Å². The second-order valence-electron chi connectivity index (χ2n) is 10.3. The fraction of sp³-hybridized carbons (Fsp3) is 0.212. The van der Waals surface area contributed by atoms with Crippen LogP contribution >= 0.6 is 0 Å². The first-order chi connectivity index (χ1) is 17.1. The zero-order chi connectivity index (χ0) is 24.1. The SMILES string of the molecule is CCCC1=Cc2c(-c3ccccc3)cccc2C1c1c([SiH](C)C)ccc2c1[CH]([Zr+2])c1ccccc1-2.[Cl-].[Cl-]. The molecular weight excluding hydrogens is 587 g/mol. The van der Waals surface area contributed by atoms with Crippen LogP contribution in [0.2, 0.25) is 13.1 Å². The number of rotatable bonds is 5. The molecule has 0 saturated carbocycles. The average molecular weight is 618 g/mol. The maximum absolute atomic E-state index is 2.55. The molecule has 0 aromatic heterocycles.